The van der Waals surface area contributed by atoms with E-state index in [0.29, 0.717) is 17.2 Å². The van der Waals surface area contributed by atoms with Crippen LogP contribution in [-0.4, -0.2) is 20.4 Å². The molecule has 0 unspecified atom stereocenters. The average Bonchev–Trinajstić information content (AvgIpc) is 3.25. The summed E-state index contributed by atoms with van der Waals surface area (Å²) in [6, 6.07) is 15.3. The van der Waals surface area contributed by atoms with E-state index >= 15 is 0 Å². The molecule has 0 saturated heterocycles. The van der Waals surface area contributed by atoms with Crippen molar-refractivity contribution < 1.29 is 28.0 Å². The number of rotatable bonds is 8. The third-order valence-electron chi connectivity index (χ3n) is 4.40. The molecule has 11 heteroatoms. The predicted octanol–water partition coefficient (Wildman–Crippen LogP) is 5.29. The lowest BCUT2D eigenvalue weighted by atomic mass is 10.2. The lowest BCUT2D eigenvalue weighted by molar-refractivity contribution is -0.389. The molecule has 1 heterocycles. The molecule has 0 bridgehead atoms. The number of nitrogens with one attached hydrogen (secondary N) is 1. The number of imidazole rings is 1. The molecule has 1 amide bonds. The predicted molar refractivity (Wildman–Crippen MR) is 117 cm³/mol. The van der Waals surface area contributed by atoms with E-state index in [1.807, 2.05) is 0 Å². The van der Waals surface area contributed by atoms with Crippen molar-refractivity contribution in [2.75, 3.05) is 5.32 Å². The van der Waals surface area contributed by atoms with Crippen LogP contribution in [-0.2, 0) is 11.3 Å². The largest absolute Gasteiger partial charge is 0.457 e. The minimum absolute atomic E-state index is 0.224. The summed E-state index contributed by atoms with van der Waals surface area (Å²) >= 11 is 0. The second kappa shape index (κ2) is 9.77. The highest BCUT2D eigenvalue weighted by Crippen LogP contribution is 2.32. The molecule has 1 aromatic heterocycles. The number of hydrogen-bond donors (Lipinski definition) is 1. The van der Waals surface area contributed by atoms with Crippen molar-refractivity contribution in [1.29, 1.82) is 0 Å². The molecule has 9 nitrogen and oxygen atoms in total. The Labute approximate surface area is 191 Å². The summed E-state index contributed by atoms with van der Waals surface area (Å²) in [5.41, 5.74) is 0.302. The smallest absolute Gasteiger partial charge is 0.381 e. The Morgan fingerprint density at radius 1 is 0.912 bits per heavy atom. The van der Waals surface area contributed by atoms with Crippen molar-refractivity contribution in [3.05, 3.63) is 101 Å². The van der Waals surface area contributed by atoms with Crippen LogP contribution in [0.25, 0.3) is 0 Å². The minimum Gasteiger partial charge on any atom is -0.457 e. The van der Waals surface area contributed by atoms with Crippen molar-refractivity contribution in [2.45, 2.75) is 6.54 Å². The number of nitrogens with zero attached hydrogens (tertiary/aromatic N) is 3. The molecule has 1 N–H and O–H groups in total. The Morgan fingerprint density at radius 2 is 1.44 bits per heavy atom. The molecule has 0 fully saturated rings. The summed E-state index contributed by atoms with van der Waals surface area (Å²) in [4.78, 5) is 26.2. The van der Waals surface area contributed by atoms with Crippen LogP contribution >= 0.6 is 0 Å². The number of anilines is 1. The summed E-state index contributed by atoms with van der Waals surface area (Å²) in [5.74, 6) is -0.454. The second-order valence-electron chi connectivity index (χ2n) is 7.01. The quantitative estimate of drug-likeness (QED) is 0.279. The highest BCUT2D eigenvalue weighted by molar-refractivity contribution is 5.91. The molecule has 4 aromatic rings. The summed E-state index contributed by atoms with van der Waals surface area (Å²) in [6.45, 7) is -0.224. The molecule has 0 aliphatic carbocycles. The number of halogens is 2. The van der Waals surface area contributed by atoms with Gasteiger partial charge in [-0.25, -0.2) is 8.78 Å². The zero-order valence-electron chi connectivity index (χ0n) is 17.4. The second-order valence-corrected chi connectivity index (χ2v) is 7.01. The molecule has 0 spiro atoms. The Kier molecular flexibility index (Phi) is 6.44. The average molecular weight is 466 g/mol. The zero-order valence-corrected chi connectivity index (χ0v) is 17.4. The van der Waals surface area contributed by atoms with Gasteiger partial charge in [0.15, 0.2) is 0 Å². The van der Waals surface area contributed by atoms with Gasteiger partial charge in [-0.1, -0.05) is 0 Å². The highest BCUT2D eigenvalue weighted by atomic mass is 19.1. The highest BCUT2D eigenvalue weighted by Gasteiger charge is 2.13. The zero-order chi connectivity index (χ0) is 24.1. The van der Waals surface area contributed by atoms with E-state index in [0.717, 1.165) is 6.20 Å². The van der Waals surface area contributed by atoms with Crippen LogP contribution in [0.1, 0.15) is 0 Å². The van der Waals surface area contributed by atoms with Crippen LogP contribution in [0.5, 0.6) is 23.0 Å². The van der Waals surface area contributed by atoms with Crippen LogP contribution in [0.2, 0.25) is 0 Å². The number of ether oxygens (including phenoxy) is 2. The maximum Gasteiger partial charge on any atom is 0.381 e. The van der Waals surface area contributed by atoms with E-state index in [9.17, 15) is 23.7 Å². The van der Waals surface area contributed by atoms with E-state index in [-0.39, 0.29) is 23.9 Å². The number of carbonyl (C=O) groups excluding carboxylic acids is 1. The van der Waals surface area contributed by atoms with Gasteiger partial charge >= 0.3 is 5.82 Å². The van der Waals surface area contributed by atoms with Gasteiger partial charge in [0, 0.05) is 23.9 Å². The van der Waals surface area contributed by atoms with Crippen molar-refractivity contribution in [3.8, 4) is 23.0 Å². The molecule has 0 saturated carbocycles. The normalized spacial score (nSPS) is 10.5. The Bertz CT molecular complexity index is 1260. The number of benzene rings is 3. The minimum atomic E-state index is -0.663. The number of amides is 1. The fourth-order valence-electron chi connectivity index (χ4n) is 2.93. The molecule has 4 rings (SSSR count). The third-order valence-corrected chi connectivity index (χ3v) is 4.40. The Morgan fingerprint density at radius 3 is 1.91 bits per heavy atom. The first-order valence-electron chi connectivity index (χ1n) is 9.82. The summed E-state index contributed by atoms with van der Waals surface area (Å²) in [6.07, 6.45) is 2.31. The first-order chi connectivity index (χ1) is 16.3. The molecule has 34 heavy (non-hydrogen) atoms. The Hall–Kier alpha value is -4.80. The first-order valence-corrected chi connectivity index (χ1v) is 9.82. The maximum absolute atomic E-state index is 13.2. The van der Waals surface area contributed by atoms with E-state index in [1.165, 1.54) is 71.6 Å². The van der Waals surface area contributed by atoms with Gasteiger partial charge in [0.25, 0.3) is 0 Å². The van der Waals surface area contributed by atoms with Crippen LogP contribution in [0, 0.1) is 21.7 Å². The van der Waals surface area contributed by atoms with Crippen LogP contribution < -0.4 is 14.8 Å². The van der Waals surface area contributed by atoms with Gasteiger partial charge in [-0.3, -0.25) is 4.79 Å². The number of aromatic nitrogens is 2. The maximum atomic E-state index is 13.2. The van der Waals surface area contributed by atoms with Gasteiger partial charge in [0.2, 0.25) is 12.2 Å². The lowest BCUT2D eigenvalue weighted by Crippen LogP contribution is -2.17. The van der Waals surface area contributed by atoms with Crippen molar-refractivity contribution in [1.82, 2.24) is 9.55 Å². The summed E-state index contributed by atoms with van der Waals surface area (Å²) in [7, 11) is 0. The van der Waals surface area contributed by atoms with Gasteiger partial charge < -0.3 is 29.5 Å². The van der Waals surface area contributed by atoms with Gasteiger partial charge in [-0.15, -0.1) is 0 Å². The molecule has 3 aromatic carbocycles. The summed E-state index contributed by atoms with van der Waals surface area (Å²) < 4.78 is 39.2. The number of carbonyl (C=O) groups is 1. The Balaban J connectivity index is 1.55. The molecule has 0 aliphatic heterocycles. The third kappa shape index (κ3) is 5.91. The molecule has 0 radical (unpaired) electrons. The van der Waals surface area contributed by atoms with Crippen LogP contribution in [0.3, 0.4) is 0 Å². The molecule has 172 valence electrons. The number of hydrogen-bond acceptors (Lipinski definition) is 6. The first kappa shape index (κ1) is 22.4. The van der Waals surface area contributed by atoms with Gasteiger partial charge in [0.1, 0.15) is 47.4 Å². The molecular formula is C23H16F2N4O5. The van der Waals surface area contributed by atoms with E-state index in [2.05, 4.69) is 10.3 Å². The molecular weight excluding hydrogens is 450 g/mol. The number of nitro groups is 1. The lowest BCUT2D eigenvalue weighted by Gasteiger charge is -2.13. The van der Waals surface area contributed by atoms with E-state index < -0.39 is 22.5 Å². The summed E-state index contributed by atoms with van der Waals surface area (Å²) in [5, 5.41) is 13.4. The van der Waals surface area contributed by atoms with Crippen molar-refractivity contribution in [2.24, 2.45) is 0 Å². The van der Waals surface area contributed by atoms with E-state index in [1.54, 1.807) is 6.07 Å². The van der Waals surface area contributed by atoms with Crippen molar-refractivity contribution in [3.63, 3.8) is 0 Å². The molecule has 0 aliphatic rings. The van der Waals surface area contributed by atoms with Crippen LogP contribution in [0.15, 0.2) is 79.3 Å². The molecule has 0 atom stereocenters. The van der Waals surface area contributed by atoms with Crippen LogP contribution in [0.4, 0.5) is 20.3 Å². The monoisotopic (exact) mass is 466 g/mol. The van der Waals surface area contributed by atoms with Gasteiger partial charge in [-0.05, 0) is 58.4 Å². The SMILES string of the molecule is O=C(Cn1cnc([N+](=O)[O-])c1)Nc1cc(Oc2ccc(F)cc2)cc(Oc2ccc(F)cc2)c1. The fraction of sp³-hybridized carbons (Fsp3) is 0.0435. The van der Waals surface area contributed by atoms with E-state index in [4.69, 9.17) is 9.47 Å². The van der Waals surface area contributed by atoms with Gasteiger partial charge in [-0.2, -0.15) is 0 Å². The van der Waals surface area contributed by atoms with Crippen molar-refractivity contribution >= 4 is 17.4 Å². The standard InChI is InChI=1S/C23H16F2N4O5/c24-15-1-5-18(6-2-15)33-20-9-17(10-21(11-20)34-19-7-3-16(25)4-8-19)27-23(30)13-28-12-22(26-14-28)29(31)32/h1-12,14H,13H2,(H,27,30). The topological polar surface area (TPSA) is 109 Å². The fourth-order valence-corrected chi connectivity index (χ4v) is 2.93. The van der Waals surface area contributed by atoms with Gasteiger partial charge in [0.05, 0.1) is 0 Å².